The molecule has 2 aliphatic heterocycles. The highest BCUT2D eigenvalue weighted by Crippen LogP contribution is 2.26. The Balaban J connectivity index is 1.34. The van der Waals surface area contributed by atoms with Gasteiger partial charge in [0.15, 0.2) is 0 Å². The number of pyridine rings is 1. The topological polar surface area (TPSA) is 65.5 Å². The molecule has 0 bridgehead atoms. The van der Waals surface area contributed by atoms with Crippen LogP contribution >= 0.6 is 0 Å². The molecule has 2 aromatic rings. The number of amides is 3. The van der Waals surface area contributed by atoms with E-state index in [1.165, 1.54) is 5.57 Å². The Morgan fingerprint density at radius 1 is 1.00 bits per heavy atom. The van der Waals surface area contributed by atoms with Crippen molar-refractivity contribution in [2.75, 3.05) is 18.4 Å². The van der Waals surface area contributed by atoms with Crippen LogP contribution in [0, 0.1) is 11.8 Å². The quantitative estimate of drug-likeness (QED) is 0.793. The molecule has 162 valence electrons. The van der Waals surface area contributed by atoms with Crippen LogP contribution in [0.1, 0.15) is 43.9 Å². The largest absolute Gasteiger partial charge is 0.338 e. The van der Waals surface area contributed by atoms with Crippen molar-refractivity contribution in [3.05, 3.63) is 65.5 Å². The molecule has 2 aliphatic rings. The molecule has 0 spiro atoms. The molecule has 0 saturated carbocycles. The molecular weight excluding hydrogens is 388 g/mol. The van der Waals surface area contributed by atoms with Crippen molar-refractivity contribution in [3.63, 3.8) is 0 Å². The van der Waals surface area contributed by atoms with E-state index in [1.807, 2.05) is 48.4 Å². The zero-order valence-corrected chi connectivity index (χ0v) is 18.5. The number of carbonyl (C=O) groups excluding carboxylic acids is 2. The molecule has 6 nitrogen and oxygen atoms in total. The molecule has 0 aliphatic carbocycles. The fourth-order valence-electron chi connectivity index (χ4n) is 4.04. The lowest BCUT2D eigenvalue weighted by Crippen LogP contribution is -2.39. The number of nitrogens with zero attached hydrogens (tertiary/aromatic N) is 3. The summed E-state index contributed by atoms with van der Waals surface area (Å²) in [6.07, 6.45) is 6.59. The normalized spacial score (nSPS) is 16.7. The first-order chi connectivity index (χ1) is 14.9. The summed E-state index contributed by atoms with van der Waals surface area (Å²) < 4.78 is 0. The molecular formula is C25H30N4O2. The fraction of sp³-hybridized carbons (Fsp3) is 0.400. The lowest BCUT2D eigenvalue weighted by atomic mass is 9.94. The Morgan fingerprint density at radius 2 is 1.74 bits per heavy atom. The van der Waals surface area contributed by atoms with Gasteiger partial charge in [-0.1, -0.05) is 39.0 Å². The number of carbonyl (C=O) groups is 2. The Kier molecular flexibility index (Phi) is 6.07. The van der Waals surface area contributed by atoms with Crippen LogP contribution in [0.15, 0.2) is 48.8 Å². The third-order valence-electron chi connectivity index (χ3n) is 6.43. The van der Waals surface area contributed by atoms with Crippen LogP contribution in [0.3, 0.4) is 0 Å². The number of hydrogen-bond acceptors (Lipinski definition) is 3. The number of nitrogens with one attached hydrogen (secondary N) is 1. The Morgan fingerprint density at radius 3 is 2.39 bits per heavy atom. The van der Waals surface area contributed by atoms with Crippen LogP contribution in [-0.4, -0.2) is 39.8 Å². The molecule has 31 heavy (non-hydrogen) atoms. The van der Waals surface area contributed by atoms with Crippen molar-refractivity contribution in [2.45, 2.75) is 40.3 Å². The van der Waals surface area contributed by atoms with Gasteiger partial charge in [-0.3, -0.25) is 9.78 Å². The maximum atomic E-state index is 12.6. The Labute approximate surface area is 184 Å². The van der Waals surface area contributed by atoms with E-state index in [1.54, 1.807) is 11.1 Å². The van der Waals surface area contributed by atoms with E-state index in [-0.39, 0.29) is 17.9 Å². The average Bonchev–Trinajstić information content (AvgIpc) is 3.23. The smallest absolute Gasteiger partial charge is 0.322 e. The van der Waals surface area contributed by atoms with Gasteiger partial charge in [0.25, 0.3) is 0 Å². The second-order valence-electron chi connectivity index (χ2n) is 8.80. The number of fused-ring (bicyclic) bond motifs is 1. The first kappa shape index (κ1) is 21.1. The molecule has 3 amide bonds. The number of rotatable bonds is 4. The van der Waals surface area contributed by atoms with Gasteiger partial charge in [0.1, 0.15) is 0 Å². The molecule has 1 unspecified atom stereocenters. The van der Waals surface area contributed by atoms with E-state index >= 15 is 0 Å². The van der Waals surface area contributed by atoms with Crippen LogP contribution in [0.25, 0.3) is 5.57 Å². The van der Waals surface area contributed by atoms with Crippen molar-refractivity contribution < 1.29 is 9.59 Å². The molecule has 1 N–H and O–H groups in total. The minimum absolute atomic E-state index is 0.0532. The van der Waals surface area contributed by atoms with Crippen LogP contribution in [0.2, 0.25) is 0 Å². The van der Waals surface area contributed by atoms with Gasteiger partial charge >= 0.3 is 6.03 Å². The maximum Gasteiger partial charge on any atom is 0.322 e. The second-order valence-corrected chi connectivity index (χ2v) is 8.80. The predicted octanol–water partition coefficient (Wildman–Crippen LogP) is 4.54. The minimum atomic E-state index is -0.103. The molecule has 1 aromatic heterocycles. The molecule has 0 fully saturated rings. The third-order valence-corrected chi connectivity index (χ3v) is 6.43. The van der Waals surface area contributed by atoms with Gasteiger partial charge in [0.05, 0.1) is 0 Å². The van der Waals surface area contributed by atoms with Gasteiger partial charge in [0.2, 0.25) is 5.91 Å². The fourth-order valence-corrected chi connectivity index (χ4v) is 4.04. The van der Waals surface area contributed by atoms with E-state index in [2.05, 4.69) is 30.2 Å². The maximum absolute atomic E-state index is 12.6. The van der Waals surface area contributed by atoms with E-state index in [9.17, 15) is 9.59 Å². The molecule has 6 heteroatoms. The predicted molar refractivity (Wildman–Crippen MR) is 122 cm³/mol. The van der Waals surface area contributed by atoms with Crippen molar-refractivity contribution in [1.29, 1.82) is 0 Å². The van der Waals surface area contributed by atoms with Gasteiger partial charge < -0.3 is 15.1 Å². The van der Waals surface area contributed by atoms with Crippen molar-refractivity contribution >= 4 is 23.2 Å². The molecule has 1 atom stereocenters. The van der Waals surface area contributed by atoms with Gasteiger partial charge in [-0.05, 0) is 52.8 Å². The highest BCUT2D eigenvalue weighted by Gasteiger charge is 2.25. The van der Waals surface area contributed by atoms with E-state index in [4.69, 9.17) is 0 Å². The molecule has 4 rings (SSSR count). The summed E-state index contributed by atoms with van der Waals surface area (Å²) in [7, 11) is 0. The Hall–Kier alpha value is -3.15. The summed E-state index contributed by atoms with van der Waals surface area (Å²) in [5.74, 6) is 0.646. The zero-order valence-electron chi connectivity index (χ0n) is 18.5. The van der Waals surface area contributed by atoms with Crippen molar-refractivity contribution in [2.24, 2.45) is 11.8 Å². The molecule has 1 aromatic carbocycles. The first-order valence-corrected chi connectivity index (χ1v) is 11.0. The lowest BCUT2D eigenvalue weighted by Gasteiger charge is -2.30. The Bertz CT molecular complexity index is 972. The van der Waals surface area contributed by atoms with Gasteiger partial charge in [-0.15, -0.1) is 0 Å². The number of aromatic nitrogens is 1. The monoisotopic (exact) mass is 418 g/mol. The summed E-state index contributed by atoms with van der Waals surface area (Å²) >= 11 is 0. The zero-order chi connectivity index (χ0) is 22.0. The van der Waals surface area contributed by atoms with Gasteiger partial charge in [-0.2, -0.15) is 0 Å². The van der Waals surface area contributed by atoms with Crippen LogP contribution in [-0.2, 0) is 17.9 Å². The van der Waals surface area contributed by atoms with Crippen molar-refractivity contribution in [1.82, 2.24) is 14.8 Å². The first-order valence-electron chi connectivity index (χ1n) is 11.0. The van der Waals surface area contributed by atoms with Crippen LogP contribution in [0.4, 0.5) is 10.5 Å². The number of hydrogen-bond donors (Lipinski definition) is 1. The second kappa shape index (κ2) is 8.92. The number of urea groups is 1. The summed E-state index contributed by atoms with van der Waals surface area (Å²) in [5.41, 5.74) is 5.43. The summed E-state index contributed by atoms with van der Waals surface area (Å²) in [6.45, 7) is 8.81. The molecule has 0 saturated heterocycles. The summed E-state index contributed by atoms with van der Waals surface area (Å²) in [6, 6.07) is 9.83. The van der Waals surface area contributed by atoms with E-state index < -0.39 is 0 Å². The van der Waals surface area contributed by atoms with Gasteiger partial charge in [0, 0.05) is 50.2 Å². The number of benzene rings is 1. The lowest BCUT2D eigenvalue weighted by molar-refractivity contribution is -0.135. The SMILES string of the molecule is CC(C)C(C)C(=O)N1CC=C(c2ccc(NC(=O)N3Cc4ccncc4C3)cc2)CC1. The highest BCUT2D eigenvalue weighted by molar-refractivity contribution is 5.90. The minimum Gasteiger partial charge on any atom is -0.338 e. The van der Waals surface area contributed by atoms with Crippen LogP contribution in [0.5, 0.6) is 0 Å². The highest BCUT2D eigenvalue weighted by atomic mass is 16.2. The van der Waals surface area contributed by atoms with Crippen LogP contribution < -0.4 is 5.32 Å². The standard InChI is InChI=1S/C25H30N4O2/c1-17(2)18(3)24(30)28-12-9-20(10-13-28)19-4-6-23(7-5-19)27-25(31)29-15-21-8-11-26-14-22(21)16-29/h4-9,11,14,17-18H,10,12-13,15-16H2,1-3H3,(H,27,31). The van der Waals surface area contributed by atoms with Crippen molar-refractivity contribution in [3.8, 4) is 0 Å². The average molecular weight is 419 g/mol. The summed E-state index contributed by atoms with van der Waals surface area (Å²) in [4.78, 5) is 33.0. The van der Waals surface area contributed by atoms with E-state index in [0.717, 1.165) is 35.3 Å². The third kappa shape index (κ3) is 4.63. The number of anilines is 1. The van der Waals surface area contributed by atoms with Gasteiger partial charge in [-0.25, -0.2) is 4.79 Å². The molecule has 3 heterocycles. The summed E-state index contributed by atoms with van der Waals surface area (Å²) in [5, 5.41) is 2.99. The molecule has 0 radical (unpaired) electrons. The van der Waals surface area contributed by atoms with E-state index in [0.29, 0.717) is 25.6 Å².